The highest BCUT2D eigenvalue weighted by Gasteiger charge is 2.17. The van der Waals surface area contributed by atoms with Crippen LogP contribution in [0.25, 0.3) is 0 Å². The quantitative estimate of drug-likeness (QED) is 0.559. The van der Waals surface area contributed by atoms with Gasteiger partial charge in [-0.25, -0.2) is 4.98 Å². The van der Waals surface area contributed by atoms with Gasteiger partial charge in [-0.3, -0.25) is 4.79 Å². The van der Waals surface area contributed by atoms with E-state index >= 15 is 0 Å². The average molecular weight is 225 g/mol. The van der Waals surface area contributed by atoms with Crippen molar-refractivity contribution in [3.8, 4) is 0 Å². The van der Waals surface area contributed by atoms with Crippen LogP contribution in [0, 0.1) is 10.8 Å². The lowest BCUT2D eigenvalue weighted by molar-refractivity contribution is 0.0951. The SMILES string of the molecule is CC(=N)C(C=N)NC(=O)c1ncsc1N. The first-order valence-corrected chi connectivity index (χ1v) is 4.99. The Kier molecular flexibility index (Phi) is 3.51. The van der Waals surface area contributed by atoms with Crippen molar-refractivity contribution in [2.24, 2.45) is 0 Å². The third kappa shape index (κ3) is 2.59. The maximum Gasteiger partial charge on any atom is 0.273 e. The molecule has 0 spiro atoms. The van der Waals surface area contributed by atoms with E-state index in [1.54, 1.807) is 0 Å². The highest BCUT2D eigenvalue weighted by molar-refractivity contribution is 7.14. The van der Waals surface area contributed by atoms with Gasteiger partial charge < -0.3 is 21.9 Å². The summed E-state index contributed by atoms with van der Waals surface area (Å²) in [6.07, 6.45) is 0.989. The van der Waals surface area contributed by atoms with E-state index < -0.39 is 11.9 Å². The number of nitrogens with two attached hydrogens (primary N) is 1. The molecule has 0 bridgehead atoms. The van der Waals surface area contributed by atoms with E-state index in [-0.39, 0.29) is 11.4 Å². The van der Waals surface area contributed by atoms with Gasteiger partial charge in [-0.15, -0.1) is 11.3 Å². The Hall–Kier alpha value is -1.76. The molecule has 5 N–H and O–H groups in total. The molecular formula is C8H11N5OS. The molecule has 0 aliphatic carbocycles. The number of amides is 1. The molecule has 1 unspecified atom stereocenters. The molecule has 0 aliphatic heterocycles. The molecule has 0 fully saturated rings. The number of carbonyl (C=O) groups is 1. The molecule has 80 valence electrons. The highest BCUT2D eigenvalue weighted by atomic mass is 32.1. The van der Waals surface area contributed by atoms with Crippen molar-refractivity contribution in [2.75, 3.05) is 5.73 Å². The van der Waals surface area contributed by atoms with Crippen LogP contribution in [0.4, 0.5) is 5.00 Å². The van der Waals surface area contributed by atoms with Crippen LogP contribution in [0.5, 0.6) is 0 Å². The molecule has 1 aromatic rings. The fourth-order valence-corrected chi connectivity index (χ4v) is 1.44. The molecule has 7 heteroatoms. The number of nitrogens with zero attached hydrogens (tertiary/aromatic N) is 1. The van der Waals surface area contributed by atoms with Gasteiger partial charge in [0, 0.05) is 11.9 Å². The molecular weight excluding hydrogens is 214 g/mol. The van der Waals surface area contributed by atoms with Crippen molar-refractivity contribution in [3.63, 3.8) is 0 Å². The monoisotopic (exact) mass is 225 g/mol. The molecule has 1 aromatic heterocycles. The molecule has 0 saturated heterocycles. The lowest BCUT2D eigenvalue weighted by Gasteiger charge is -2.11. The summed E-state index contributed by atoms with van der Waals surface area (Å²) in [5, 5.41) is 17.1. The average Bonchev–Trinajstić information content (AvgIpc) is 2.60. The third-order valence-electron chi connectivity index (χ3n) is 1.73. The van der Waals surface area contributed by atoms with E-state index in [0.717, 1.165) is 6.21 Å². The molecule has 15 heavy (non-hydrogen) atoms. The first-order valence-electron chi connectivity index (χ1n) is 4.11. The van der Waals surface area contributed by atoms with Crippen LogP contribution in [0.2, 0.25) is 0 Å². The van der Waals surface area contributed by atoms with Crippen molar-refractivity contribution in [1.82, 2.24) is 10.3 Å². The van der Waals surface area contributed by atoms with Gasteiger partial charge >= 0.3 is 0 Å². The number of nitrogens with one attached hydrogen (secondary N) is 3. The Bertz CT molecular complexity index is 399. The van der Waals surface area contributed by atoms with Crippen molar-refractivity contribution in [1.29, 1.82) is 10.8 Å². The number of rotatable bonds is 4. The normalized spacial score (nSPS) is 11.8. The van der Waals surface area contributed by atoms with Crippen molar-refractivity contribution < 1.29 is 4.79 Å². The van der Waals surface area contributed by atoms with Gasteiger partial charge in [0.05, 0.1) is 5.51 Å². The van der Waals surface area contributed by atoms with Gasteiger partial charge in [0.1, 0.15) is 11.0 Å². The summed E-state index contributed by atoms with van der Waals surface area (Å²) in [5.74, 6) is -0.464. The van der Waals surface area contributed by atoms with Gasteiger partial charge in [0.15, 0.2) is 5.69 Å². The fraction of sp³-hybridized carbons (Fsp3) is 0.250. The minimum atomic E-state index is -0.696. The lowest BCUT2D eigenvalue weighted by atomic mass is 10.2. The Morgan fingerprint density at radius 3 is 2.87 bits per heavy atom. The predicted molar refractivity (Wildman–Crippen MR) is 60.0 cm³/mol. The van der Waals surface area contributed by atoms with E-state index in [1.807, 2.05) is 0 Å². The number of nitrogen functional groups attached to an aromatic ring is 1. The van der Waals surface area contributed by atoms with Crippen molar-refractivity contribution in [2.45, 2.75) is 13.0 Å². The van der Waals surface area contributed by atoms with Crippen LogP contribution in [-0.2, 0) is 0 Å². The number of thiazole rings is 1. The van der Waals surface area contributed by atoms with Gasteiger partial charge in [-0.05, 0) is 6.92 Å². The van der Waals surface area contributed by atoms with Crippen molar-refractivity contribution in [3.05, 3.63) is 11.2 Å². The summed E-state index contributed by atoms with van der Waals surface area (Å²) in [5.41, 5.74) is 7.33. The van der Waals surface area contributed by atoms with Gasteiger partial charge in [-0.1, -0.05) is 0 Å². The minimum Gasteiger partial charge on any atom is -0.389 e. The van der Waals surface area contributed by atoms with E-state index in [4.69, 9.17) is 16.6 Å². The Morgan fingerprint density at radius 1 is 1.80 bits per heavy atom. The number of hydrogen-bond acceptors (Lipinski definition) is 6. The Labute approximate surface area is 90.5 Å². The van der Waals surface area contributed by atoms with Gasteiger partial charge in [0.2, 0.25) is 0 Å². The molecule has 1 heterocycles. The number of hydrogen-bond donors (Lipinski definition) is 4. The van der Waals surface area contributed by atoms with E-state index in [2.05, 4.69) is 10.3 Å². The second kappa shape index (κ2) is 4.65. The highest BCUT2D eigenvalue weighted by Crippen LogP contribution is 2.14. The van der Waals surface area contributed by atoms with Gasteiger partial charge in [0.25, 0.3) is 5.91 Å². The summed E-state index contributed by atoms with van der Waals surface area (Å²) < 4.78 is 0. The topological polar surface area (TPSA) is 116 Å². The summed E-state index contributed by atoms with van der Waals surface area (Å²) >= 11 is 1.17. The number of carbonyl (C=O) groups excluding carboxylic acids is 1. The molecule has 0 radical (unpaired) electrons. The summed E-state index contributed by atoms with van der Waals surface area (Å²) in [4.78, 5) is 15.4. The second-order valence-corrected chi connectivity index (χ2v) is 3.75. The Balaban J connectivity index is 2.75. The molecule has 0 saturated carbocycles. The zero-order chi connectivity index (χ0) is 11.4. The summed E-state index contributed by atoms with van der Waals surface area (Å²) in [7, 11) is 0. The van der Waals surface area contributed by atoms with Crippen LogP contribution >= 0.6 is 11.3 Å². The minimum absolute atomic E-state index is 0.146. The van der Waals surface area contributed by atoms with E-state index in [9.17, 15) is 4.79 Å². The van der Waals surface area contributed by atoms with Crippen LogP contribution in [0.15, 0.2) is 5.51 Å². The maximum absolute atomic E-state index is 11.6. The van der Waals surface area contributed by atoms with Crippen LogP contribution in [0.1, 0.15) is 17.4 Å². The standard InChI is InChI=1S/C8H11N5OS/c1-4(10)5(2-9)13-8(14)6-7(11)15-3-12-6/h2-3,5,9-10H,11H2,1H3,(H,13,14). The maximum atomic E-state index is 11.6. The molecule has 1 rings (SSSR count). The van der Waals surface area contributed by atoms with Crippen molar-refractivity contribution >= 4 is 34.2 Å². The van der Waals surface area contributed by atoms with E-state index in [1.165, 1.54) is 23.8 Å². The van der Waals surface area contributed by atoms with Gasteiger partial charge in [-0.2, -0.15) is 0 Å². The number of anilines is 1. The molecule has 1 amide bonds. The summed E-state index contributed by atoms with van der Waals surface area (Å²) in [6.45, 7) is 1.51. The first-order chi connectivity index (χ1) is 7.06. The molecule has 1 atom stereocenters. The van der Waals surface area contributed by atoms with Crippen LogP contribution in [0.3, 0.4) is 0 Å². The first kappa shape index (κ1) is 11.3. The molecule has 6 nitrogen and oxygen atoms in total. The predicted octanol–water partition coefficient (Wildman–Crippen LogP) is 0.513. The van der Waals surface area contributed by atoms with Crippen LogP contribution in [-0.4, -0.2) is 28.9 Å². The Morgan fingerprint density at radius 2 is 2.47 bits per heavy atom. The largest absolute Gasteiger partial charge is 0.389 e. The smallest absolute Gasteiger partial charge is 0.273 e. The second-order valence-electron chi connectivity index (χ2n) is 2.87. The fourth-order valence-electron chi connectivity index (χ4n) is 0.910. The molecule has 0 aliphatic rings. The summed E-state index contributed by atoms with van der Waals surface area (Å²) in [6, 6.07) is -0.696. The van der Waals surface area contributed by atoms with Crippen LogP contribution < -0.4 is 11.1 Å². The zero-order valence-electron chi connectivity index (χ0n) is 8.07. The third-order valence-corrected chi connectivity index (χ3v) is 2.39. The molecule has 0 aromatic carbocycles. The number of aromatic nitrogens is 1. The van der Waals surface area contributed by atoms with E-state index in [0.29, 0.717) is 5.00 Å². The zero-order valence-corrected chi connectivity index (χ0v) is 8.89. The lowest BCUT2D eigenvalue weighted by Crippen LogP contribution is -2.40.